The Labute approximate surface area is 317 Å². The van der Waals surface area contributed by atoms with Crippen LogP contribution in [-0.4, -0.2) is 69.2 Å². The van der Waals surface area contributed by atoms with Gasteiger partial charge in [0.15, 0.2) is 0 Å². The Balaban J connectivity index is 0.000000147. The number of pyridine rings is 2. The molecule has 4 aromatic heterocycles. The second kappa shape index (κ2) is 18.4. The fourth-order valence-electron chi connectivity index (χ4n) is 7.27. The van der Waals surface area contributed by atoms with Crippen LogP contribution in [0.4, 0.5) is 17.5 Å². The first kappa shape index (κ1) is 37.4. The zero-order valence-corrected chi connectivity index (χ0v) is 32.0. The summed E-state index contributed by atoms with van der Waals surface area (Å²) in [6, 6.07) is 8.99. The van der Waals surface area contributed by atoms with Gasteiger partial charge < -0.3 is 20.9 Å². The van der Waals surface area contributed by atoms with Gasteiger partial charge in [-0.1, -0.05) is 60.8 Å². The number of piperidine rings is 2. The van der Waals surface area contributed by atoms with Crippen LogP contribution in [0.25, 0.3) is 0 Å². The Bertz CT molecular complexity index is 1720. The van der Waals surface area contributed by atoms with E-state index in [1.165, 1.54) is 60.9 Å². The van der Waals surface area contributed by atoms with Gasteiger partial charge in [0.2, 0.25) is 0 Å². The van der Waals surface area contributed by atoms with Crippen molar-refractivity contribution in [1.29, 1.82) is 0 Å². The smallest absolute Gasteiger partial charge is 0.137 e. The number of anilines is 3. The van der Waals surface area contributed by atoms with E-state index in [4.69, 9.17) is 44.8 Å². The number of nitrogens with one attached hydrogen (secondary N) is 3. The molecule has 13 heteroatoms. The minimum Gasteiger partial charge on any atom is -0.370 e. The number of hydrogen-bond donors (Lipinski definition) is 3. The van der Waals surface area contributed by atoms with E-state index in [-0.39, 0.29) is 0 Å². The van der Waals surface area contributed by atoms with Gasteiger partial charge in [-0.2, -0.15) is 0 Å². The van der Waals surface area contributed by atoms with Crippen LogP contribution >= 0.6 is 34.8 Å². The molecule has 2 saturated heterocycles. The van der Waals surface area contributed by atoms with E-state index < -0.39 is 0 Å². The van der Waals surface area contributed by atoms with E-state index >= 15 is 0 Å². The van der Waals surface area contributed by atoms with Gasteiger partial charge in [0.05, 0.1) is 0 Å². The van der Waals surface area contributed by atoms with Crippen molar-refractivity contribution in [3.05, 3.63) is 86.0 Å². The summed E-state index contributed by atoms with van der Waals surface area (Å²) in [5, 5.41) is 11.7. The molecule has 4 aromatic rings. The summed E-state index contributed by atoms with van der Waals surface area (Å²) >= 11 is 17.6. The predicted molar refractivity (Wildman–Crippen MR) is 209 cm³/mol. The first-order valence-electron chi connectivity index (χ1n) is 18.5. The predicted octanol–water partition coefficient (Wildman–Crippen LogP) is 8.08. The fourth-order valence-corrected chi connectivity index (χ4v) is 8.11. The number of nitrogens with zero attached hydrogens (tertiary/aromatic N) is 7. The summed E-state index contributed by atoms with van der Waals surface area (Å²) in [7, 11) is 0. The Hall–Kier alpha value is -3.31. The Morgan fingerprint density at radius 1 is 0.627 bits per heavy atom. The molecular weight excluding hydrogens is 703 g/mol. The van der Waals surface area contributed by atoms with E-state index in [2.05, 4.69) is 72.0 Å². The molecule has 0 aliphatic carbocycles. The molecule has 0 amide bonds. The van der Waals surface area contributed by atoms with Crippen molar-refractivity contribution in [3.63, 3.8) is 0 Å². The Morgan fingerprint density at radius 3 is 1.63 bits per heavy atom. The van der Waals surface area contributed by atoms with Gasteiger partial charge in [-0.3, -0.25) is 0 Å². The van der Waals surface area contributed by atoms with Crippen molar-refractivity contribution in [3.8, 4) is 0 Å². The molecule has 0 spiro atoms. The van der Waals surface area contributed by atoms with Gasteiger partial charge >= 0.3 is 0 Å². The van der Waals surface area contributed by atoms with E-state index in [0.29, 0.717) is 27.3 Å². The fraction of sp³-hybridized carbons (Fsp3) is 0.526. The van der Waals surface area contributed by atoms with Crippen molar-refractivity contribution < 1.29 is 0 Å². The summed E-state index contributed by atoms with van der Waals surface area (Å²) in [4.78, 5) is 28.2. The molecule has 0 aromatic carbocycles. The van der Waals surface area contributed by atoms with Crippen molar-refractivity contribution in [1.82, 2.24) is 35.2 Å². The third kappa shape index (κ3) is 9.57. The van der Waals surface area contributed by atoms with Crippen molar-refractivity contribution >= 4 is 52.3 Å². The van der Waals surface area contributed by atoms with Crippen LogP contribution < -0.4 is 20.9 Å². The topological polar surface area (TPSA) is 117 Å². The van der Waals surface area contributed by atoms with Crippen LogP contribution in [0.1, 0.15) is 97.8 Å². The maximum absolute atomic E-state index is 6.25. The van der Waals surface area contributed by atoms with Crippen LogP contribution in [0, 0.1) is 0 Å². The lowest BCUT2D eigenvalue weighted by Crippen LogP contribution is -2.34. The average Bonchev–Trinajstić information content (AvgIpc) is 3.18. The van der Waals surface area contributed by atoms with Crippen molar-refractivity contribution in [2.45, 2.75) is 89.9 Å². The van der Waals surface area contributed by atoms with Crippen molar-refractivity contribution in [2.75, 3.05) is 54.8 Å². The lowest BCUT2D eigenvalue weighted by molar-refractivity contribution is 0.453. The van der Waals surface area contributed by atoms with Crippen LogP contribution in [0.15, 0.2) is 36.9 Å². The number of aromatic nitrogens is 6. The maximum atomic E-state index is 6.25. The summed E-state index contributed by atoms with van der Waals surface area (Å²) in [5.74, 6) is 4.42. The largest absolute Gasteiger partial charge is 0.370 e. The standard InChI is InChI=1S/C19H24ClN5.C13H19N3.C6H6Cl2N2/c1-2-15-17(20)22-12-23-19(15)25-10-7-13(8-11-25)16-6-5-14-4-3-9-21-18(14)24-16;1-2-11-3-4-12(16-13(11)15-7-1)10-5-8-14-9-6-10;1-2-4-5(7)9-3-10-6(4)8/h5-6,12-13H,2-4,7-11H2,1H3,(H,21,24);3-4,10,14H,1-2,5-9H2,(H,15,16);3H,2H2,1H3. The van der Waals surface area contributed by atoms with Crippen LogP contribution in [0.2, 0.25) is 15.5 Å². The van der Waals surface area contributed by atoms with Crippen LogP contribution in [0.5, 0.6) is 0 Å². The number of aryl methyl sites for hydroxylation is 2. The zero-order chi connectivity index (χ0) is 35.6. The molecule has 8 heterocycles. The Kier molecular flexibility index (Phi) is 13.5. The van der Waals surface area contributed by atoms with Gasteiger partial charge in [-0.15, -0.1) is 0 Å². The average molecular weight is 752 g/mol. The van der Waals surface area contributed by atoms with E-state index in [1.54, 1.807) is 6.33 Å². The first-order chi connectivity index (χ1) is 24.9. The zero-order valence-electron chi connectivity index (χ0n) is 29.7. The highest BCUT2D eigenvalue weighted by atomic mass is 35.5. The summed E-state index contributed by atoms with van der Waals surface area (Å²) in [6.07, 6.45) is 13.9. The lowest BCUT2D eigenvalue weighted by atomic mass is 9.92. The van der Waals surface area contributed by atoms with Gasteiger partial charge in [0, 0.05) is 60.5 Å². The quantitative estimate of drug-likeness (QED) is 0.173. The van der Waals surface area contributed by atoms with E-state index in [9.17, 15) is 0 Å². The SMILES string of the molecule is CCc1c(Cl)ncnc1Cl.CCc1c(Cl)ncnc1N1CCC(c2ccc3c(n2)NCCC3)CC1.c1cc2c(nc1C1CCNCC1)NCCC2. The normalized spacial score (nSPS) is 17.4. The molecular formula is C38H49Cl3N10. The third-order valence-electron chi connectivity index (χ3n) is 10.2. The molecule has 8 rings (SSSR count). The Morgan fingerprint density at radius 2 is 1.12 bits per heavy atom. The van der Waals surface area contributed by atoms with Gasteiger partial charge in [0.25, 0.3) is 0 Å². The first-order valence-corrected chi connectivity index (χ1v) is 19.7. The lowest BCUT2D eigenvalue weighted by Gasteiger charge is -2.34. The molecule has 51 heavy (non-hydrogen) atoms. The molecule has 272 valence electrons. The maximum Gasteiger partial charge on any atom is 0.137 e. The van der Waals surface area contributed by atoms with Crippen LogP contribution in [0.3, 0.4) is 0 Å². The molecule has 2 fully saturated rings. The summed E-state index contributed by atoms with van der Waals surface area (Å²) in [5.41, 5.74) is 7.13. The second-order valence-corrected chi connectivity index (χ2v) is 14.5. The van der Waals surface area contributed by atoms with Crippen molar-refractivity contribution in [2.24, 2.45) is 0 Å². The molecule has 0 unspecified atom stereocenters. The minimum absolute atomic E-state index is 0.447. The van der Waals surface area contributed by atoms with Gasteiger partial charge in [0.1, 0.15) is 45.6 Å². The molecule has 10 nitrogen and oxygen atoms in total. The molecule has 0 radical (unpaired) electrons. The number of fused-ring (bicyclic) bond motifs is 2. The number of hydrogen-bond acceptors (Lipinski definition) is 10. The third-order valence-corrected chi connectivity index (χ3v) is 11.2. The molecule has 0 bridgehead atoms. The monoisotopic (exact) mass is 750 g/mol. The summed E-state index contributed by atoms with van der Waals surface area (Å²) in [6.45, 7) is 10.4. The van der Waals surface area contributed by atoms with Crippen LogP contribution in [-0.2, 0) is 25.7 Å². The summed E-state index contributed by atoms with van der Waals surface area (Å²) < 4.78 is 0. The highest BCUT2D eigenvalue weighted by Crippen LogP contribution is 2.33. The van der Waals surface area contributed by atoms with E-state index in [0.717, 1.165) is 100.0 Å². The molecule has 0 saturated carbocycles. The molecule has 4 aliphatic rings. The molecule has 4 aliphatic heterocycles. The number of halogens is 3. The molecule has 0 atom stereocenters. The van der Waals surface area contributed by atoms with Gasteiger partial charge in [-0.25, -0.2) is 29.9 Å². The number of rotatable bonds is 5. The second-order valence-electron chi connectivity index (χ2n) is 13.4. The molecule has 3 N–H and O–H groups in total. The van der Waals surface area contributed by atoms with Gasteiger partial charge in [-0.05, 0) is 101 Å². The van der Waals surface area contributed by atoms with E-state index in [1.807, 2.05) is 6.92 Å². The highest BCUT2D eigenvalue weighted by Gasteiger charge is 2.25. The highest BCUT2D eigenvalue weighted by molar-refractivity contribution is 6.34. The minimum atomic E-state index is 0.447.